The Bertz CT molecular complexity index is 467. The Labute approximate surface area is 128 Å². The lowest BCUT2D eigenvalue weighted by Gasteiger charge is -2.35. The maximum Gasteiger partial charge on any atom is 0.244 e. The number of nitrogens with one attached hydrogen (secondary N) is 1. The molecule has 0 aliphatic carbocycles. The number of carbonyl (C=O) groups is 1. The van der Waals surface area contributed by atoms with Crippen molar-refractivity contribution < 1.29 is 4.79 Å². The van der Waals surface area contributed by atoms with Crippen LogP contribution in [0.3, 0.4) is 0 Å². The molecule has 1 aliphatic rings. The van der Waals surface area contributed by atoms with Crippen LogP contribution < -0.4 is 5.32 Å². The molecule has 1 fully saturated rings. The third kappa shape index (κ3) is 5.35. The van der Waals surface area contributed by atoms with Crippen LogP contribution in [0.25, 0.3) is 6.08 Å². The van der Waals surface area contributed by atoms with E-state index in [1.165, 1.54) is 19.4 Å². The van der Waals surface area contributed by atoms with Crippen LogP contribution in [0.1, 0.15) is 32.3 Å². The molecule has 1 N–H and O–H groups in total. The van der Waals surface area contributed by atoms with Crippen LogP contribution in [0.2, 0.25) is 0 Å². The number of amides is 1. The molecule has 1 saturated heterocycles. The van der Waals surface area contributed by atoms with Crippen LogP contribution in [0, 0.1) is 5.92 Å². The number of rotatable bonds is 5. The van der Waals surface area contributed by atoms with Crippen LogP contribution in [-0.4, -0.2) is 36.5 Å². The predicted octanol–water partition coefficient (Wildman–Crippen LogP) is 2.94. The topological polar surface area (TPSA) is 32.3 Å². The Morgan fingerprint density at radius 1 is 1.38 bits per heavy atom. The SMILES string of the molecule is CC(C)N1CCCC(CNC(=O)/C=C/c2ccccc2)C1. The molecular formula is C18H26N2O. The highest BCUT2D eigenvalue weighted by molar-refractivity contribution is 5.91. The first-order chi connectivity index (χ1) is 10.1. The summed E-state index contributed by atoms with van der Waals surface area (Å²) in [6.45, 7) is 7.55. The van der Waals surface area contributed by atoms with Gasteiger partial charge in [-0.15, -0.1) is 0 Å². The Morgan fingerprint density at radius 3 is 2.86 bits per heavy atom. The number of likely N-dealkylation sites (tertiary alicyclic amines) is 1. The lowest BCUT2D eigenvalue weighted by molar-refractivity contribution is -0.116. The molecule has 0 radical (unpaired) electrons. The van der Waals surface area contributed by atoms with Crippen LogP contribution in [-0.2, 0) is 4.79 Å². The van der Waals surface area contributed by atoms with Crippen molar-refractivity contribution in [1.82, 2.24) is 10.2 Å². The highest BCUT2D eigenvalue weighted by atomic mass is 16.1. The van der Waals surface area contributed by atoms with E-state index in [1.54, 1.807) is 6.08 Å². The number of nitrogens with zero attached hydrogens (tertiary/aromatic N) is 1. The Morgan fingerprint density at radius 2 is 2.14 bits per heavy atom. The molecule has 1 atom stereocenters. The third-order valence-electron chi connectivity index (χ3n) is 4.07. The van der Waals surface area contributed by atoms with Gasteiger partial charge in [0.2, 0.25) is 5.91 Å². The van der Waals surface area contributed by atoms with Gasteiger partial charge in [0.25, 0.3) is 0 Å². The summed E-state index contributed by atoms with van der Waals surface area (Å²) in [5.74, 6) is 0.579. The summed E-state index contributed by atoms with van der Waals surface area (Å²) in [5.41, 5.74) is 1.05. The molecule has 0 aromatic heterocycles. The number of hydrogen-bond acceptors (Lipinski definition) is 2. The molecule has 3 heteroatoms. The van der Waals surface area contributed by atoms with Gasteiger partial charge in [-0.05, 0) is 50.8 Å². The Kier molecular flexibility index (Phi) is 6.00. The van der Waals surface area contributed by atoms with Crippen molar-refractivity contribution in [2.75, 3.05) is 19.6 Å². The van der Waals surface area contributed by atoms with Crippen LogP contribution >= 0.6 is 0 Å². The van der Waals surface area contributed by atoms with E-state index in [0.29, 0.717) is 12.0 Å². The third-order valence-corrected chi connectivity index (χ3v) is 4.07. The summed E-state index contributed by atoms with van der Waals surface area (Å²) in [7, 11) is 0. The van der Waals surface area contributed by atoms with Crippen molar-refractivity contribution in [3.05, 3.63) is 42.0 Å². The quantitative estimate of drug-likeness (QED) is 0.844. The molecular weight excluding hydrogens is 260 g/mol. The smallest absolute Gasteiger partial charge is 0.244 e. The standard InChI is InChI=1S/C18H26N2O/c1-15(2)20-12-6-9-17(14-20)13-19-18(21)11-10-16-7-4-3-5-8-16/h3-5,7-8,10-11,15,17H,6,9,12-14H2,1-2H3,(H,19,21)/b11-10+. The molecule has 114 valence electrons. The number of hydrogen-bond donors (Lipinski definition) is 1. The average Bonchev–Trinajstić information content (AvgIpc) is 2.52. The second-order valence-corrected chi connectivity index (χ2v) is 6.09. The molecule has 21 heavy (non-hydrogen) atoms. The zero-order chi connectivity index (χ0) is 15.1. The summed E-state index contributed by atoms with van der Waals surface area (Å²) in [4.78, 5) is 14.4. The fraction of sp³-hybridized carbons (Fsp3) is 0.500. The Balaban J connectivity index is 1.75. The van der Waals surface area contributed by atoms with Gasteiger partial charge in [0.05, 0.1) is 0 Å². The van der Waals surface area contributed by atoms with Gasteiger partial charge in [-0.2, -0.15) is 0 Å². The average molecular weight is 286 g/mol. The van der Waals surface area contributed by atoms with Gasteiger partial charge in [0, 0.05) is 25.2 Å². The molecule has 1 aromatic rings. The van der Waals surface area contributed by atoms with E-state index >= 15 is 0 Å². The Hall–Kier alpha value is -1.61. The zero-order valence-corrected chi connectivity index (χ0v) is 13.1. The summed E-state index contributed by atoms with van der Waals surface area (Å²) in [5, 5.41) is 3.03. The number of carbonyl (C=O) groups excluding carboxylic acids is 1. The minimum absolute atomic E-state index is 0.000485. The lowest BCUT2D eigenvalue weighted by Crippen LogP contribution is -2.43. The van der Waals surface area contributed by atoms with Gasteiger partial charge in [0.15, 0.2) is 0 Å². The molecule has 0 spiro atoms. The second-order valence-electron chi connectivity index (χ2n) is 6.09. The molecule has 0 bridgehead atoms. The fourth-order valence-corrected chi connectivity index (χ4v) is 2.77. The first-order valence-electron chi connectivity index (χ1n) is 7.90. The van der Waals surface area contributed by atoms with E-state index in [-0.39, 0.29) is 5.91 Å². The molecule has 1 amide bonds. The van der Waals surface area contributed by atoms with E-state index in [0.717, 1.165) is 18.7 Å². The minimum Gasteiger partial charge on any atom is -0.352 e. The molecule has 1 unspecified atom stereocenters. The van der Waals surface area contributed by atoms with Crippen molar-refractivity contribution in [3.63, 3.8) is 0 Å². The maximum absolute atomic E-state index is 11.9. The second kappa shape index (κ2) is 7.99. The maximum atomic E-state index is 11.9. The highest BCUT2D eigenvalue weighted by Crippen LogP contribution is 2.17. The van der Waals surface area contributed by atoms with Gasteiger partial charge in [-0.25, -0.2) is 0 Å². The normalized spacial score (nSPS) is 20.0. The molecule has 1 aromatic carbocycles. The predicted molar refractivity (Wildman–Crippen MR) is 87.9 cm³/mol. The summed E-state index contributed by atoms with van der Waals surface area (Å²) in [6, 6.07) is 10.5. The summed E-state index contributed by atoms with van der Waals surface area (Å²) in [6.07, 6.45) is 5.93. The summed E-state index contributed by atoms with van der Waals surface area (Å²) >= 11 is 0. The fourth-order valence-electron chi connectivity index (χ4n) is 2.77. The zero-order valence-electron chi connectivity index (χ0n) is 13.1. The molecule has 1 heterocycles. The van der Waals surface area contributed by atoms with Crippen LogP contribution in [0.4, 0.5) is 0 Å². The monoisotopic (exact) mass is 286 g/mol. The van der Waals surface area contributed by atoms with Gasteiger partial charge < -0.3 is 10.2 Å². The highest BCUT2D eigenvalue weighted by Gasteiger charge is 2.21. The van der Waals surface area contributed by atoms with E-state index in [1.807, 2.05) is 36.4 Å². The van der Waals surface area contributed by atoms with E-state index in [9.17, 15) is 4.79 Å². The van der Waals surface area contributed by atoms with Gasteiger partial charge in [0.1, 0.15) is 0 Å². The van der Waals surface area contributed by atoms with Crippen molar-refractivity contribution >= 4 is 12.0 Å². The van der Waals surface area contributed by atoms with Crippen LogP contribution in [0.15, 0.2) is 36.4 Å². The lowest BCUT2D eigenvalue weighted by atomic mass is 9.97. The van der Waals surface area contributed by atoms with Crippen molar-refractivity contribution in [3.8, 4) is 0 Å². The van der Waals surface area contributed by atoms with E-state index in [4.69, 9.17) is 0 Å². The molecule has 0 saturated carbocycles. The first-order valence-corrected chi connectivity index (χ1v) is 7.90. The minimum atomic E-state index is 0.000485. The van der Waals surface area contributed by atoms with E-state index < -0.39 is 0 Å². The van der Waals surface area contributed by atoms with Crippen molar-refractivity contribution in [2.24, 2.45) is 5.92 Å². The first kappa shape index (κ1) is 15.8. The van der Waals surface area contributed by atoms with Crippen LogP contribution in [0.5, 0.6) is 0 Å². The number of piperidine rings is 1. The van der Waals surface area contributed by atoms with Crippen molar-refractivity contribution in [1.29, 1.82) is 0 Å². The van der Waals surface area contributed by atoms with Gasteiger partial charge >= 0.3 is 0 Å². The molecule has 1 aliphatic heterocycles. The number of benzene rings is 1. The van der Waals surface area contributed by atoms with Gasteiger partial charge in [-0.3, -0.25) is 4.79 Å². The molecule has 3 nitrogen and oxygen atoms in total. The van der Waals surface area contributed by atoms with Gasteiger partial charge in [-0.1, -0.05) is 30.3 Å². The van der Waals surface area contributed by atoms with E-state index in [2.05, 4.69) is 24.1 Å². The molecule has 2 rings (SSSR count). The largest absolute Gasteiger partial charge is 0.352 e. The summed E-state index contributed by atoms with van der Waals surface area (Å²) < 4.78 is 0. The van der Waals surface area contributed by atoms with Crippen molar-refractivity contribution in [2.45, 2.75) is 32.7 Å².